The second-order valence-electron chi connectivity index (χ2n) is 6.26. The van der Waals surface area contributed by atoms with Gasteiger partial charge >= 0.3 is 0 Å². The van der Waals surface area contributed by atoms with Crippen molar-refractivity contribution in [3.8, 4) is 0 Å². The monoisotopic (exact) mass is 394 g/mol. The Morgan fingerprint density at radius 2 is 1.50 bits per heavy atom. The van der Waals surface area contributed by atoms with Gasteiger partial charge in [0, 0.05) is 16.9 Å². The molecule has 4 rings (SSSR count). The summed E-state index contributed by atoms with van der Waals surface area (Å²) >= 11 is 0. The predicted molar refractivity (Wildman–Crippen MR) is 104 cm³/mol. The maximum Gasteiger partial charge on any atom is 0.295 e. The van der Waals surface area contributed by atoms with E-state index in [-0.39, 0.29) is 27.9 Å². The highest BCUT2D eigenvalue weighted by Gasteiger charge is 2.37. The number of para-hydroxylation sites is 1. The molecule has 0 bridgehead atoms. The molecule has 1 aliphatic carbocycles. The van der Waals surface area contributed by atoms with Crippen LogP contribution in [-0.4, -0.2) is 24.5 Å². The molecule has 0 heterocycles. The molecule has 0 saturated carbocycles. The van der Waals surface area contributed by atoms with E-state index in [1.54, 1.807) is 30.3 Å². The Bertz CT molecular complexity index is 1250. The third kappa shape index (κ3) is 2.75. The van der Waals surface area contributed by atoms with E-state index in [1.165, 1.54) is 18.2 Å². The first-order valence-electron chi connectivity index (χ1n) is 8.23. The van der Waals surface area contributed by atoms with E-state index in [0.717, 1.165) is 6.07 Å². The van der Waals surface area contributed by atoms with Crippen LogP contribution in [0.2, 0.25) is 0 Å². The van der Waals surface area contributed by atoms with Gasteiger partial charge in [0.05, 0.1) is 22.4 Å². The second kappa shape index (κ2) is 6.29. The summed E-state index contributed by atoms with van der Waals surface area (Å²) in [6, 6.07) is 15.7. The number of carbonyl (C=O) groups is 2. The van der Waals surface area contributed by atoms with Crippen LogP contribution < -0.4 is 11.1 Å². The maximum atomic E-state index is 13.3. The molecule has 4 N–H and O–H groups in total. The molecule has 0 unspecified atom stereocenters. The summed E-state index contributed by atoms with van der Waals surface area (Å²) in [5, 5.41) is 3.06. The normalized spacial score (nSPS) is 13.0. The molecule has 0 saturated heterocycles. The molecule has 140 valence electrons. The quantitative estimate of drug-likeness (QED) is 0.360. The largest absolute Gasteiger partial charge is 0.398 e. The molecule has 3 aromatic rings. The zero-order valence-corrected chi connectivity index (χ0v) is 15.2. The molecule has 1 aliphatic rings. The number of nitrogens with one attached hydrogen (secondary N) is 1. The topological polar surface area (TPSA) is 127 Å². The Hall–Kier alpha value is -3.49. The van der Waals surface area contributed by atoms with Crippen LogP contribution >= 0.6 is 0 Å². The number of benzene rings is 3. The summed E-state index contributed by atoms with van der Waals surface area (Å²) in [5.41, 5.74) is 6.56. The molecule has 0 radical (unpaired) electrons. The van der Waals surface area contributed by atoms with Gasteiger partial charge in [-0.2, -0.15) is 8.42 Å². The molecule has 0 spiro atoms. The Labute approximate surface area is 160 Å². The number of fused-ring (bicyclic) bond motifs is 2. The molecule has 0 aliphatic heterocycles. The Kier molecular flexibility index (Phi) is 4.02. The van der Waals surface area contributed by atoms with Crippen LogP contribution in [0.15, 0.2) is 65.6 Å². The van der Waals surface area contributed by atoms with Crippen molar-refractivity contribution in [2.24, 2.45) is 0 Å². The van der Waals surface area contributed by atoms with Crippen LogP contribution in [0.1, 0.15) is 31.8 Å². The zero-order chi connectivity index (χ0) is 20.1. The van der Waals surface area contributed by atoms with Gasteiger partial charge in [0.2, 0.25) is 0 Å². The number of carbonyl (C=O) groups excluding carboxylic acids is 2. The highest BCUT2D eigenvalue weighted by molar-refractivity contribution is 7.86. The molecule has 3 aromatic carbocycles. The molecule has 8 heteroatoms. The van der Waals surface area contributed by atoms with Crippen LogP contribution in [0, 0.1) is 0 Å². The maximum absolute atomic E-state index is 13.3. The molecule has 28 heavy (non-hydrogen) atoms. The van der Waals surface area contributed by atoms with E-state index in [2.05, 4.69) is 5.32 Å². The molecule has 0 aromatic heterocycles. The van der Waals surface area contributed by atoms with Crippen LogP contribution in [0.3, 0.4) is 0 Å². The average molecular weight is 394 g/mol. The number of ketones is 2. The fourth-order valence-electron chi connectivity index (χ4n) is 3.31. The van der Waals surface area contributed by atoms with Crippen molar-refractivity contribution in [3.63, 3.8) is 0 Å². The lowest BCUT2D eigenvalue weighted by Gasteiger charge is -2.23. The van der Waals surface area contributed by atoms with E-state index >= 15 is 0 Å². The van der Waals surface area contributed by atoms with E-state index in [1.807, 2.05) is 6.07 Å². The van der Waals surface area contributed by atoms with Crippen molar-refractivity contribution < 1.29 is 22.6 Å². The number of nitrogen functional groups attached to an aromatic ring is 1. The van der Waals surface area contributed by atoms with Gasteiger partial charge in [0.15, 0.2) is 11.6 Å². The lowest BCUT2D eigenvalue weighted by Crippen LogP contribution is -2.25. The lowest BCUT2D eigenvalue weighted by atomic mass is 9.82. The molecule has 0 amide bonds. The summed E-state index contributed by atoms with van der Waals surface area (Å²) in [6.45, 7) is 0. The van der Waals surface area contributed by atoms with E-state index in [4.69, 9.17) is 5.73 Å². The van der Waals surface area contributed by atoms with Crippen LogP contribution in [-0.2, 0) is 10.1 Å². The van der Waals surface area contributed by atoms with Crippen molar-refractivity contribution in [2.75, 3.05) is 11.1 Å². The van der Waals surface area contributed by atoms with Gasteiger partial charge in [-0.3, -0.25) is 14.1 Å². The van der Waals surface area contributed by atoms with Gasteiger partial charge in [-0.15, -0.1) is 0 Å². The minimum atomic E-state index is -4.71. The van der Waals surface area contributed by atoms with Crippen molar-refractivity contribution >= 4 is 38.7 Å². The Morgan fingerprint density at radius 3 is 2.18 bits per heavy atom. The molecular formula is C20H14N2O5S. The SMILES string of the molecule is Nc1ccc(Nc2ccccc2)c2c1C(=O)c1cccc(S(=O)(=O)O)c1C2=O. The first kappa shape index (κ1) is 17.9. The standard InChI is InChI=1S/C20H14N2O5S/c21-13-9-10-14(22-11-5-2-1-3-6-11)18-17(13)19(23)12-7-4-8-15(28(25,26)27)16(12)20(18)24/h1-10,22H,21H2,(H,25,26,27). The van der Waals surface area contributed by atoms with Crippen molar-refractivity contribution in [3.05, 3.63) is 82.9 Å². The van der Waals surface area contributed by atoms with Crippen LogP contribution in [0.25, 0.3) is 0 Å². The fourth-order valence-corrected chi connectivity index (χ4v) is 4.02. The van der Waals surface area contributed by atoms with Gasteiger partial charge in [-0.25, -0.2) is 0 Å². The van der Waals surface area contributed by atoms with Crippen molar-refractivity contribution in [1.82, 2.24) is 0 Å². The van der Waals surface area contributed by atoms with E-state index in [9.17, 15) is 22.6 Å². The van der Waals surface area contributed by atoms with Gasteiger partial charge in [0.25, 0.3) is 10.1 Å². The van der Waals surface area contributed by atoms with E-state index in [0.29, 0.717) is 11.4 Å². The molecular weight excluding hydrogens is 380 g/mol. The number of nitrogens with two attached hydrogens (primary N) is 1. The minimum absolute atomic E-state index is 0.00548. The lowest BCUT2D eigenvalue weighted by molar-refractivity contribution is 0.0977. The second-order valence-corrected chi connectivity index (χ2v) is 7.65. The first-order valence-corrected chi connectivity index (χ1v) is 9.67. The Morgan fingerprint density at radius 1 is 0.786 bits per heavy atom. The first-order chi connectivity index (χ1) is 13.3. The summed E-state index contributed by atoms with van der Waals surface area (Å²) in [4.78, 5) is 25.7. The number of hydrogen-bond acceptors (Lipinski definition) is 6. The highest BCUT2D eigenvalue weighted by atomic mass is 32.2. The summed E-state index contributed by atoms with van der Waals surface area (Å²) < 4.78 is 33.1. The Balaban J connectivity index is 1.98. The van der Waals surface area contributed by atoms with Crippen molar-refractivity contribution in [2.45, 2.75) is 4.90 Å². The summed E-state index contributed by atoms with van der Waals surface area (Å²) in [6.07, 6.45) is 0. The van der Waals surface area contributed by atoms with Gasteiger partial charge in [-0.05, 0) is 30.3 Å². The van der Waals surface area contributed by atoms with Gasteiger partial charge in [0.1, 0.15) is 4.90 Å². The molecule has 0 fully saturated rings. The third-order valence-corrected chi connectivity index (χ3v) is 5.42. The van der Waals surface area contributed by atoms with Gasteiger partial charge < -0.3 is 11.1 Å². The van der Waals surface area contributed by atoms with Crippen molar-refractivity contribution in [1.29, 1.82) is 0 Å². The predicted octanol–water partition coefficient (Wildman–Crippen LogP) is 3.03. The summed E-state index contributed by atoms with van der Waals surface area (Å²) in [7, 11) is -4.71. The number of anilines is 3. The number of hydrogen-bond donors (Lipinski definition) is 3. The third-order valence-electron chi connectivity index (χ3n) is 4.52. The molecule has 7 nitrogen and oxygen atoms in total. The smallest absolute Gasteiger partial charge is 0.295 e. The van der Waals surface area contributed by atoms with Crippen LogP contribution in [0.4, 0.5) is 17.1 Å². The average Bonchev–Trinajstić information content (AvgIpc) is 2.67. The fraction of sp³-hybridized carbons (Fsp3) is 0. The van der Waals surface area contributed by atoms with E-state index < -0.39 is 26.6 Å². The highest BCUT2D eigenvalue weighted by Crippen LogP contribution is 2.38. The number of rotatable bonds is 3. The molecule has 0 atom stereocenters. The minimum Gasteiger partial charge on any atom is -0.398 e. The van der Waals surface area contributed by atoms with Gasteiger partial charge in [-0.1, -0.05) is 30.3 Å². The zero-order valence-electron chi connectivity index (χ0n) is 14.3. The van der Waals surface area contributed by atoms with Crippen LogP contribution in [0.5, 0.6) is 0 Å². The summed E-state index contributed by atoms with van der Waals surface area (Å²) in [5.74, 6) is -1.28.